The minimum Gasteiger partial charge on any atom is -0.468 e. The molecule has 0 fully saturated rings. The number of ketones is 1. The summed E-state index contributed by atoms with van der Waals surface area (Å²) in [5.41, 5.74) is -2.23. The maximum Gasteiger partial charge on any atom is 0.338 e. The standard InChI is InChI=1S/C30H25O7P/c1-34-27(32)24-18-36-28-26(25(31)19-37-28)30(24,29(33)35-2)20-38(21-12-6-3-7-13-21,22-14-8-4-9-15-22)23-16-10-5-11-17-23/h3-18,20H,19H2,1-2H3. The molecule has 5 rings (SSSR count). The normalized spacial score (nSPS) is 18.5. The van der Waals surface area contributed by atoms with Crippen molar-refractivity contribution in [1.82, 2.24) is 0 Å². The lowest BCUT2D eigenvalue weighted by Crippen LogP contribution is -2.46. The average molecular weight is 528 g/mol. The molecule has 0 aliphatic carbocycles. The monoisotopic (exact) mass is 528 g/mol. The molecule has 7 nitrogen and oxygen atoms in total. The molecule has 2 heterocycles. The third-order valence-electron chi connectivity index (χ3n) is 6.71. The molecule has 0 N–H and O–H groups in total. The van der Waals surface area contributed by atoms with Crippen LogP contribution in [0.15, 0.2) is 114 Å². The van der Waals surface area contributed by atoms with E-state index in [1.54, 1.807) is 5.80 Å². The van der Waals surface area contributed by atoms with Gasteiger partial charge in [-0.1, -0.05) is 91.0 Å². The number of Topliss-reactive ketones (excluding diaryl/α,β-unsaturated/α-hetero) is 1. The summed E-state index contributed by atoms with van der Waals surface area (Å²) in [6.07, 6.45) is 1.12. The predicted octanol–water partition coefficient (Wildman–Crippen LogP) is 2.84. The highest BCUT2D eigenvalue weighted by atomic mass is 31.2. The van der Waals surface area contributed by atoms with E-state index in [4.69, 9.17) is 18.9 Å². The number of methoxy groups -OCH3 is 2. The molecule has 3 aromatic carbocycles. The summed E-state index contributed by atoms with van der Waals surface area (Å²) in [6.45, 7) is -3.22. The molecule has 0 amide bonds. The molecule has 0 saturated heterocycles. The molecule has 2 aliphatic rings. The van der Waals surface area contributed by atoms with Gasteiger partial charge in [0.1, 0.15) is 11.8 Å². The molecule has 192 valence electrons. The molecular weight excluding hydrogens is 503 g/mol. The van der Waals surface area contributed by atoms with Crippen molar-refractivity contribution in [3.05, 3.63) is 114 Å². The lowest BCUT2D eigenvalue weighted by Gasteiger charge is -2.37. The highest BCUT2D eigenvalue weighted by Crippen LogP contribution is 2.53. The number of hydrogen-bond acceptors (Lipinski definition) is 7. The third kappa shape index (κ3) is 3.87. The highest BCUT2D eigenvalue weighted by Gasteiger charge is 2.58. The number of ether oxygens (including phenoxy) is 4. The maximum atomic E-state index is 14.0. The first-order valence-corrected chi connectivity index (χ1v) is 13.7. The zero-order valence-electron chi connectivity index (χ0n) is 20.8. The van der Waals surface area contributed by atoms with Gasteiger partial charge in [0.25, 0.3) is 5.95 Å². The fraction of sp³-hybridized carbons (Fsp3) is 0.133. The fourth-order valence-corrected chi connectivity index (χ4v) is 9.26. The molecule has 0 aromatic heterocycles. The van der Waals surface area contributed by atoms with E-state index in [2.05, 4.69) is 0 Å². The minimum absolute atomic E-state index is 0.0839. The third-order valence-corrected chi connectivity index (χ3v) is 10.8. The first-order valence-electron chi connectivity index (χ1n) is 11.9. The molecule has 1 atom stereocenters. The summed E-state index contributed by atoms with van der Waals surface area (Å²) in [6, 6.07) is 29.2. The van der Waals surface area contributed by atoms with Gasteiger partial charge in [0.05, 0.1) is 19.8 Å². The van der Waals surface area contributed by atoms with E-state index in [0.29, 0.717) is 0 Å². The second kappa shape index (κ2) is 10.2. The molecule has 38 heavy (non-hydrogen) atoms. The van der Waals surface area contributed by atoms with Gasteiger partial charge in [-0.25, -0.2) is 4.79 Å². The van der Waals surface area contributed by atoms with Gasteiger partial charge in [-0.15, -0.1) is 0 Å². The number of carbonyl (C=O) groups is 3. The Morgan fingerprint density at radius 1 is 0.816 bits per heavy atom. The molecule has 0 spiro atoms. The Morgan fingerprint density at radius 3 is 1.76 bits per heavy atom. The van der Waals surface area contributed by atoms with Crippen LogP contribution in [0.3, 0.4) is 0 Å². The lowest BCUT2D eigenvalue weighted by atomic mass is 9.73. The molecule has 0 radical (unpaired) electrons. The quantitative estimate of drug-likeness (QED) is 0.359. The van der Waals surface area contributed by atoms with Crippen molar-refractivity contribution in [3.63, 3.8) is 0 Å². The molecule has 2 aliphatic heterocycles. The van der Waals surface area contributed by atoms with Crippen LogP contribution >= 0.6 is 6.89 Å². The van der Waals surface area contributed by atoms with Gasteiger partial charge in [0.15, 0.2) is 12.0 Å². The van der Waals surface area contributed by atoms with Crippen LogP contribution in [0.2, 0.25) is 0 Å². The van der Waals surface area contributed by atoms with Gasteiger partial charge in [0.2, 0.25) is 5.78 Å². The Bertz CT molecular complexity index is 1400. The average Bonchev–Trinajstić information content (AvgIpc) is 3.37. The van der Waals surface area contributed by atoms with Gasteiger partial charge < -0.3 is 18.9 Å². The van der Waals surface area contributed by atoms with Crippen molar-refractivity contribution >= 4 is 46.3 Å². The van der Waals surface area contributed by atoms with Crippen LogP contribution in [0.25, 0.3) is 0 Å². The van der Waals surface area contributed by atoms with Gasteiger partial charge in [-0.05, 0) is 28.6 Å². The van der Waals surface area contributed by atoms with Crippen molar-refractivity contribution < 1.29 is 33.3 Å². The predicted molar refractivity (Wildman–Crippen MR) is 145 cm³/mol. The summed E-state index contributed by atoms with van der Waals surface area (Å²) < 4.78 is 21.5. The Balaban J connectivity index is 2.03. The number of rotatable bonds is 6. The van der Waals surface area contributed by atoms with Gasteiger partial charge in [-0.2, -0.15) is 0 Å². The van der Waals surface area contributed by atoms with Crippen LogP contribution in [0.5, 0.6) is 0 Å². The summed E-state index contributed by atoms with van der Waals surface area (Å²) in [7, 11) is 2.42. The molecular formula is C30H25O7P. The Kier molecular flexibility index (Phi) is 6.79. The summed E-state index contributed by atoms with van der Waals surface area (Å²) in [5, 5.41) is 2.72. The van der Waals surface area contributed by atoms with Crippen molar-refractivity contribution in [2.45, 2.75) is 0 Å². The summed E-state index contributed by atoms with van der Waals surface area (Å²) in [5.74, 6) is -0.458. The molecule has 3 aromatic rings. The number of carbonyl (C=O) groups excluding carboxylic acids is 3. The molecule has 1 unspecified atom stereocenters. The van der Waals surface area contributed by atoms with E-state index in [1.807, 2.05) is 91.0 Å². The van der Waals surface area contributed by atoms with Crippen molar-refractivity contribution in [2.24, 2.45) is 5.41 Å². The van der Waals surface area contributed by atoms with Gasteiger partial charge >= 0.3 is 11.9 Å². The SMILES string of the molecule is COC(=O)C1=COC2=C(C(=O)CO2)C1(C=P(c1ccccc1)(c1ccccc1)c1ccccc1)C(=O)OC. The molecule has 0 bridgehead atoms. The summed E-state index contributed by atoms with van der Waals surface area (Å²) in [4.78, 5) is 40.6. The van der Waals surface area contributed by atoms with Crippen LogP contribution < -0.4 is 15.9 Å². The zero-order valence-corrected chi connectivity index (χ0v) is 21.7. The smallest absolute Gasteiger partial charge is 0.338 e. The van der Waals surface area contributed by atoms with Gasteiger partial charge in [-0.3, -0.25) is 9.59 Å². The lowest BCUT2D eigenvalue weighted by molar-refractivity contribution is -0.149. The highest BCUT2D eigenvalue weighted by molar-refractivity contribution is 7.94. The summed E-state index contributed by atoms with van der Waals surface area (Å²) >= 11 is 0. The topological polar surface area (TPSA) is 88.1 Å². The maximum absolute atomic E-state index is 14.0. The first kappa shape index (κ1) is 25.3. The van der Waals surface area contributed by atoms with Crippen LogP contribution in [0.4, 0.5) is 0 Å². The van der Waals surface area contributed by atoms with Crippen molar-refractivity contribution in [1.29, 1.82) is 0 Å². The molecule has 8 heteroatoms. The van der Waals surface area contributed by atoms with E-state index in [1.165, 1.54) is 14.2 Å². The van der Waals surface area contributed by atoms with Crippen LogP contribution in [-0.2, 0) is 33.3 Å². The number of hydrogen-bond donors (Lipinski definition) is 0. The Morgan fingerprint density at radius 2 is 1.32 bits per heavy atom. The Labute approximate surface area is 220 Å². The first-order chi connectivity index (χ1) is 18.5. The van der Waals surface area contributed by atoms with Gasteiger partial charge in [0, 0.05) is 0 Å². The fourth-order valence-electron chi connectivity index (χ4n) is 5.03. The second-order valence-corrected chi connectivity index (χ2v) is 11.9. The number of esters is 2. The van der Waals surface area contributed by atoms with Crippen LogP contribution in [0, 0.1) is 5.41 Å². The second-order valence-electron chi connectivity index (χ2n) is 8.67. The van der Waals surface area contributed by atoms with Crippen molar-refractivity contribution in [3.8, 4) is 0 Å². The zero-order chi connectivity index (χ0) is 26.8. The van der Waals surface area contributed by atoms with Crippen LogP contribution in [0.1, 0.15) is 0 Å². The molecule has 0 saturated carbocycles. The minimum atomic E-state index is -2.89. The van der Waals surface area contributed by atoms with E-state index < -0.39 is 30.0 Å². The number of benzene rings is 3. The van der Waals surface area contributed by atoms with E-state index in [9.17, 15) is 14.4 Å². The van der Waals surface area contributed by atoms with Crippen LogP contribution in [-0.4, -0.2) is 44.3 Å². The largest absolute Gasteiger partial charge is 0.468 e. The van der Waals surface area contributed by atoms with E-state index >= 15 is 0 Å². The van der Waals surface area contributed by atoms with E-state index in [0.717, 1.165) is 22.2 Å². The Hall–Kier alpha value is -4.35. The van der Waals surface area contributed by atoms with E-state index in [-0.39, 0.29) is 23.7 Å². The van der Waals surface area contributed by atoms with Crippen molar-refractivity contribution in [2.75, 3.05) is 20.8 Å².